The van der Waals surface area contributed by atoms with E-state index in [0.29, 0.717) is 16.0 Å². The summed E-state index contributed by atoms with van der Waals surface area (Å²) in [5.41, 5.74) is -0.491. The minimum atomic E-state index is -1.05. The largest absolute Gasteiger partial charge is 0.494 e. The highest BCUT2D eigenvalue weighted by Crippen LogP contribution is 2.36. The van der Waals surface area contributed by atoms with Gasteiger partial charge in [0.05, 0.1) is 18.3 Å². The van der Waals surface area contributed by atoms with Crippen LogP contribution in [0.5, 0.6) is 0 Å². The fourth-order valence-electron chi connectivity index (χ4n) is 3.35. The van der Waals surface area contributed by atoms with Crippen molar-refractivity contribution in [2.24, 2.45) is 0 Å². The van der Waals surface area contributed by atoms with Crippen molar-refractivity contribution in [2.45, 2.75) is 90.7 Å². The first kappa shape index (κ1) is 28.9. The number of ether oxygens (including phenoxy) is 2. The summed E-state index contributed by atoms with van der Waals surface area (Å²) in [4.78, 5) is 37.2. The summed E-state index contributed by atoms with van der Waals surface area (Å²) in [6.07, 6.45) is -0.692. The van der Waals surface area contributed by atoms with Gasteiger partial charge in [-0.05, 0) is 78.5 Å². The van der Waals surface area contributed by atoms with Crippen molar-refractivity contribution in [1.29, 1.82) is 0 Å². The Morgan fingerprint density at radius 1 is 1.06 bits per heavy atom. The second-order valence-corrected chi connectivity index (χ2v) is 11.1. The third-order valence-electron chi connectivity index (χ3n) is 5.87. The third kappa shape index (κ3) is 7.85. The molecular formula is C24H36BClN2O7. The van der Waals surface area contributed by atoms with Crippen molar-refractivity contribution in [2.75, 3.05) is 7.11 Å². The molecule has 9 nitrogen and oxygen atoms in total. The maximum Gasteiger partial charge on any atom is 0.494 e. The maximum absolute atomic E-state index is 13.0. The quantitative estimate of drug-likeness (QED) is 0.428. The monoisotopic (exact) mass is 510 g/mol. The number of esters is 1. The predicted octanol–water partition coefficient (Wildman–Crippen LogP) is 2.75. The number of nitrogens with one attached hydrogen (secondary N) is 2. The number of benzene rings is 1. The molecule has 2 atom stereocenters. The van der Waals surface area contributed by atoms with Crippen molar-refractivity contribution >= 4 is 42.2 Å². The maximum atomic E-state index is 13.0. The van der Waals surface area contributed by atoms with Gasteiger partial charge in [-0.25, -0.2) is 9.59 Å². The fourth-order valence-corrected chi connectivity index (χ4v) is 3.62. The Morgan fingerprint density at radius 2 is 1.63 bits per heavy atom. The molecular weight excluding hydrogens is 475 g/mol. The molecule has 0 bridgehead atoms. The standard InChI is InChI=1S/C24H36BClN2O7/c1-14(20(30)32-9)27-19(29)18(28-21(31)33-22(2,3)4)12-15-10-16(13-17(26)11-15)25-34-23(5,6)24(7,8)35-25/h10-11,13-14,18H,12H2,1-9H3,(H,27,29)(H,28,31)/t14-,18-/m0/s1. The molecule has 0 aliphatic carbocycles. The van der Waals surface area contributed by atoms with Gasteiger partial charge in [0.25, 0.3) is 0 Å². The molecule has 194 valence electrons. The van der Waals surface area contributed by atoms with E-state index in [2.05, 4.69) is 15.4 Å². The molecule has 1 saturated heterocycles. The molecule has 1 heterocycles. The Bertz CT molecular complexity index is 946. The molecule has 2 amide bonds. The van der Waals surface area contributed by atoms with Crippen LogP contribution in [0.15, 0.2) is 18.2 Å². The Morgan fingerprint density at radius 3 is 2.14 bits per heavy atom. The Hall–Kier alpha value is -2.30. The molecule has 2 rings (SSSR count). The summed E-state index contributed by atoms with van der Waals surface area (Å²) in [6.45, 7) is 14.4. The van der Waals surface area contributed by atoms with Gasteiger partial charge in [0.1, 0.15) is 17.7 Å². The first-order valence-electron chi connectivity index (χ1n) is 11.5. The molecule has 11 heteroatoms. The zero-order chi connectivity index (χ0) is 26.8. The minimum absolute atomic E-state index is 0.0754. The molecule has 2 N–H and O–H groups in total. The second kappa shape index (κ2) is 10.8. The van der Waals surface area contributed by atoms with Gasteiger partial charge in [-0.3, -0.25) is 4.79 Å². The van der Waals surface area contributed by atoms with Crippen LogP contribution in [0.2, 0.25) is 5.02 Å². The van der Waals surface area contributed by atoms with Gasteiger partial charge in [-0.2, -0.15) is 0 Å². The summed E-state index contributed by atoms with van der Waals surface area (Å²) < 4.78 is 22.2. The molecule has 1 aromatic carbocycles. The van der Waals surface area contributed by atoms with Gasteiger partial charge in [-0.1, -0.05) is 17.7 Å². The first-order valence-corrected chi connectivity index (χ1v) is 11.8. The van der Waals surface area contributed by atoms with Crippen LogP contribution in [-0.2, 0) is 34.8 Å². The van der Waals surface area contributed by atoms with Crippen molar-refractivity contribution in [3.63, 3.8) is 0 Å². The average Bonchev–Trinajstić information content (AvgIpc) is 2.92. The number of hydrogen-bond acceptors (Lipinski definition) is 7. The molecule has 35 heavy (non-hydrogen) atoms. The van der Waals surface area contributed by atoms with Crippen molar-refractivity contribution in [1.82, 2.24) is 10.6 Å². The van der Waals surface area contributed by atoms with E-state index in [1.807, 2.05) is 33.8 Å². The van der Waals surface area contributed by atoms with Crippen LogP contribution in [0.25, 0.3) is 0 Å². The lowest BCUT2D eigenvalue weighted by molar-refractivity contribution is -0.144. The van der Waals surface area contributed by atoms with E-state index in [0.717, 1.165) is 0 Å². The van der Waals surface area contributed by atoms with E-state index < -0.39 is 54.0 Å². The number of carbonyl (C=O) groups excluding carboxylic acids is 3. The highest BCUT2D eigenvalue weighted by Gasteiger charge is 2.51. The van der Waals surface area contributed by atoms with E-state index in [1.165, 1.54) is 14.0 Å². The summed E-state index contributed by atoms with van der Waals surface area (Å²) >= 11 is 6.39. The van der Waals surface area contributed by atoms with E-state index in [1.54, 1.807) is 32.9 Å². The average molecular weight is 511 g/mol. The summed E-state index contributed by atoms with van der Waals surface area (Å²) in [7, 11) is 0.577. The smallest absolute Gasteiger partial charge is 0.467 e. The molecule has 0 radical (unpaired) electrons. The zero-order valence-electron chi connectivity index (χ0n) is 21.9. The van der Waals surface area contributed by atoms with E-state index in [4.69, 9.17) is 25.6 Å². The number of methoxy groups -OCH3 is 1. The molecule has 0 unspecified atom stereocenters. The topological polar surface area (TPSA) is 112 Å². The molecule has 1 aliphatic rings. The number of amides is 2. The lowest BCUT2D eigenvalue weighted by Gasteiger charge is -2.32. The van der Waals surface area contributed by atoms with E-state index >= 15 is 0 Å². The van der Waals surface area contributed by atoms with Crippen LogP contribution in [0.4, 0.5) is 4.79 Å². The lowest BCUT2D eigenvalue weighted by Crippen LogP contribution is -2.52. The van der Waals surface area contributed by atoms with Gasteiger partial charge < -0.3 is 29.4 Å². The number of rotatable bonds is 7. The first-order chi connectivity index (χ1) is 15.9. The fraction of sp³-hybridized carbons (Fsp3) is 0.625. The molecule has 1 fully saturated rings. The summed E-state index contributed by atoms with van der Waals surface area (Å²) in [6, 6.07) is 3.28. The van der Waals surface area contributed by atoms with Gasteiger partial charge in [0.2, 0.25) is 5.91 Å². The Balaban J connectivity index is 2.30. The van der Waals surface area contributed by atoms with Crippen molar-refractivity contribution < 1.29 is 33.2 Å². The number of halogens is 1. The summed E-state index contributed by atoms with van der Waals surface area (Å²) in [5, 5.41) is 5.57. The Labute approximate surface area is 212 Å². The Kier molecular flexibility index (Phi) is 8.90. The van der Waals surface area contributed by atoms with Crippen LogP contribution in [0.1, 0.15) is 61.0 Å². The normalized spacial score (nSPS) is 18.4. The highest BCUT2D eigenvalue weighted by molar-refractivity contribution is 6.62. The van der Waals surface area contributed by atoms with Gasteiger partial charge in [0, 0.05) is 11.4 Å². The van der Waals surface area contributed by atoms with Crippen LogP contribution < -0.4 is 16.1 Å². The lowest BCUT2D eigenvalue weighted by atomic mass is 9.78. The van der Waals surface area contributed by atoms with E-state index in [9.17, 15) is 14.4 Å². The van der Waals surface area contributed by atoms with Crippen LogP contribution in [-0.4, -0.2) is 61.1 Å². The SMILES string of the molecule is COC(=O)[C@H](C)NC(=O)[C@H](Cc1cc(Cl)cc(B2OC(C)(C)C(C)(C)O2)c1)NC(=O)OC(C)(C)C. The second-order valence-electron chi connectivity index (χ2n) is 10.6. The van der Waals surface area contributed by atoms with E-state index in [-0.39, 0.29) is 6.42 Å². The predicted molar refractivity (Wildman–Crippen MR) is 134 cm³/mol. The van der Waals surface area contributed by atoms with Crippen molar-refractivity contribution in [3.8, 4) is 0 Å². The number of alkyl carbamates (subject to hydrolysis) is 1. The third-order valence-corrected chi connectivity index (χ3v) is 6.08. The summed E-state index contributed by atoms with van der Waals surface area (Å²) in [5.74, 6) is -1.19. The number of hydrogen-bond donors (Lipinski definition) is 2. The van der Waals surface area contributed by atoms with Gasteiger partial charge in [0.15, 0.2) is 0 Å². The minimum Gasteiger partial charge on any atom is -0.467 e. The zero-order valence-corrected chi connectivity index (χ0v) is 22.7. The molecule has 1 aromatic rings. The van der Waals surface area contributed by atoms with Gasteiger partial charge in [-0.15, -0.1) is 0 Å². The molecule has 0 aromatic heterocycles. The van der Waals surface area contributed by atoms with Crippen LogP contribution in [0, 0.1) is 0 Å². The highest BCUT2D eigenvalue weighted by atomic mass is 35.5. The van der Waals surface area contributed by atoms with Crippen LogP contribution >= 0.6 is 11.6 Å². The molecule has 0 saturated carbocycles. The van der Waals surface area contributed by atoms with Crippen LogP contribution in [0.3, 0.4) is 0 Å². The number of carbonyl (C=O) groups is 3. The van der Waals surface area contributed by atoms with Crippen molar-refractivity contribution in [3.05, 3.63) is 28.8 Å². The molecule has 1 aliphatic heterocycles. The van der Waals surface area contributed by atoms with Gasteiger partial charge >= 0.3 is 19.2 Å². The molecule has 0 spiro atoms.